The lowest BCUT2D eigenvalue weighted by molar-refractivity contribution is 0.138. The van der Waals surface area contributed by atoms with Crippen LogP contribution in [0.4, 0.5) is 0 Å². The highest BCUT2D eigenvalue weighted by atomic mass is 32.2. The number of aliphatic hydroxyl groups excluding tert-OH is 1. The number of aryl methyl sites for hydroxylation is 1. The van der Waals surface area contributed by atoms with Crippen LogP contribution in [-0.2, 0) is 0 Å². The Morgan fingerprint density at radius 1 is 1.26 bits per heavy atom. The number of hydrogen-bond acceptors (Lipinski definition) is 3. The normalized spacial score (nSPS) is 14.6. The van der Waals surface area contributed by atoms with Crippen LogP contribution in [0.5, 0.6) is 0 Å². The minimum Gasteiger partial charge on any atom is -0.388 e. The Labute approximate surface area is 122 Å². The van der Waals surface area contributed by atoms with Gasteiger partial charge in [0.25, 0.3) is 0 Å². The summed E-state index contributed by atoms with van der Waals surface area (Å²) in [5.74, 6) is 1.20. The van der Waals surface area contributed by atoms with E-state index in [4.69, 9.17) is 0 Å². The van der Waals surface area contributed by atoms with Gasteiger partial charge in [-0.3, -0.25) is 0 Å². The Hall–Kier alpha value is -0.510. The lowest BCUT2D eigenvalue weighted by Crippen LogP contribution is -2.31. The molecule has 0 aromatic heterocycles. The van der Waals surface area contributed by atoms with E-state index < -0.39 is 0 Å². The van der Waals surface area contributed by atoms with E-state index >= 15 is 0 Å². The van der Waals surface area contributed by atoms with Crippen molar-refractivity contribution in [2.45, 2.75) is 38.8 Å². The van der Waals surface area contributed by atoms with E-state index in [1.807, 2.05) is 30.0 Å². The van der Waals surface area contributed by atoms with E-state index in [9.17, 15) is 5.11 Å². The lowest BCUT2D eigenvalue weighted by Gasteiger charge is -2.26. The zero-order valence-electron chi connectivity index (χ0n) is 12.6. The molecule has 2 atom stereocenters. The highest BCUT2D eigenvalue weighted by Crippen LogP contribution is 2.20. The molecule has 1 aromatic carbocycles. The second kappa shape index (κ2) is 8.62. The Morgan fingerprint density at radius 3 is 2.58 bits per heavy atom. The zero-order chi connectivity index (χ0) is 14.3. The first-order valence-corrected chi connectivity index (χ1v) is 8.38. The molecule has 0 heterocycles. The van der Waals surface area contributed by atoms with Crippen LogP contribution < -0.4 is 0 Å². The quantitative estimate of drug-likeness (QED) is 0.789. The molecule has 1 N–H and O–H groups in total. The molecular weight excluding hydrogens is 254 g/mol. The molecule has 3 heteroatoms. The van der Waals surface area contributed by atoms with Crippen molar-refractivity contribution in [1.29, 1.82) is 0 Å². The van der Waals surface area contributed by atoms with Gasteiger partial charge in [0, 0.05) is 12.6 Å². The average molecular weight is 281 g/mol. The fourth-order valence-corrected chi connectivity index (χ4v) is 2.75. The topological polar surface area (TPSA) is 23.5 Å². The maximum atomic E-state index is 10.3. The minimum atomic E-state index is -0.351. The van der Waals surface area contributed by atoms with Gasteiger partial charge in [-0.15, -0.1) is 0 Å². The molecule has 2 unspecified atom stereocenters. The summed E-state index contributed by atoms with van der Waals surface area (Å²) in [6, 6.07) is 8.68. The van der Waals surface area contributed by atoms with Crippen LogP contribution >= 0.6 is 11.8 Å². The van der Waals surface area contributed by atoms with Crippen molar-refractivity contribution in [3.8, 4) is 0 Å². The maximum absolute atomic E-state index is 10.3. The van der Waals surface area contributed by atoms with Crippen molar-refractivity contribution in [1.82, 2.24) is 4.90 Å². The summed E-state index contributed by atoms with van der Waals surface area (Å²) in [6.07, 6.45) is 3.80. The zero-order valence-corrected chi connectivity index (χ0v) is 13.4. The molecule has 2 nitrogen and oxygen atoms in total. The first-order valence-electron chi connectivity index (χ1n) is 6.99. The monoisotopic (exact) mass is 281 g/mol. The highest BCUT2D eigenvalue weighted by molar-refractivity contribution is 7.98. The maximum Gasteiger partial charge on any atom is 0.0804 e. The van der Waals surface area contributed by atoms with Gasteiger partial charge in [-0.1, -0.05) is 24.3 Å². The molecule has 0 saturated heterocycles. The van der Waals surface area contributed by atoms with Gasteiger partial charge in [0.1, 0.15) is 0 Å². The lowest BCUT2D eigenvalue weighted by atomic mass is 10.0. The third kappa shape index (κ3) is 5.55. The van der Waals surface area contributed by atoms with Crippen molar-refractivity contribution in [3.05, 3.63) is 35.4 Å². The standard InChI is InChI=1S/C16H27NOS/c1-13-7-5-6-8-15(13)16(18)9-11-17(3)14(2)10-12-19-4/h5-8,14,16,18H,9-12H2,1-4H3. The van der Waals surface area contributed by atoms with Gasteiger partial charge in [-0.2, -0.15) is 11.8 Å². The molecule has 0 bridgehead atoms. The summed E-state index contributed by atoms with van der Waals surface area (Å²) in [6.45, 7) is 5.25. The molecular formula is C16H27NOS. The summed E-state index contributed by atoms with van der Waals surface area (Å²) in [5, 5.41) is 10.3. The van der Waals surface area contributed by atoms with Crippen LogP contribution in [0.3, 0.4) is 0 Å². The number of hydrogen-bond donors (Lipinski definition) is 1. The van der Waals surface area contributed by atoms with Gasteiger partial charge < -0.3 is 10.0 Å². The number of rotatable bonds is 8. The summed E-state index contributed by atoms with van der Waals surface area (Å²) >= 11 is 1.89. The molecule has 1 aromatic rings. The van der Waals surface area contributed by atoms with Gasteiger partial charge in [0.05, 0.1) is 6.10 Å². The third-order valence-electron chi connectivity index (χ3n) is 3.79. The smallest absolute Gasteiger partial charge is 0.0804 e. The molecule has 108 valence electrons. The average Bonchev–Trinajstić information content (AvgIpc) is 2.42. The molecule has 0 saturated carbocycles. The van der Waals surface area contributed by atoms with Gasteiger partial charge in [0.2, 0.25) is 0 Å². The summed E-state index contributed by atoms with van der Waals surface area (Å²) in [4.78, 5) is 2.34. The summed E-state index contributed by atoms with van der Waals surface area (Å²) < 4.78 is 0. The Morgan fingerprint density at radius 2 is 1.95 bits per heavy atom. The Balaban J connectivity index is 2.41. The highest BCUT2D eigenvalue weighted by Gasteiger charge is 2.13. The number of nitrogens with zero attached hydrogens (tertiary/aromatic N) is 1. The number of aliphatic hydroxyl groups is 1. The second-order valence-corrected chi connectivity index (χ2v) is 6.26. The van der Waals surface area contributed by atoms with Crippen LogP contribution in [0.2, 0.25) is 0 Å². The SMILES string of the molecule is CSCCC(C)N(C)CCC(O)c1ccccc1C. The summed E-state index contributed by atoms with van der Waals surface area (Å²) in [7, 11) is 2.15. The molecule has 0 amide bonds. The molecule has 0 aliphatic carbocycles. The number of benzene rings is 1. The summed E-state index contributed by atoms with van der Waals surface area (Å²) in [5.41, 5.74) is 2.24. The van der Waals surface area contributed by atoms with E-state index in [1.54, 1.807) is 0 Å². The van der Waals surface area contributed by atoms with Crippen LogP contribution in [-0.4, -0.2) is 41.6 Å². The molecule has 0 aliphatic rings. The van der Waals surface area contributed by atoms with Crippen molar-refractivity contribution in [2.75, 3.05) is 25.6 Å². The van der Waals surface area contributed by atoms with E-state index in [-0.39, 0.29) is 6.10 Å². The predicted molar refractivity (Wildman–Crippen MR) is 85.8 cm³/mol. The van der Waals surface area contributed by atoms with E-state index in [2.05, 4.69) is 38.1 Å². The third-order valence-corrected chi connectivity index (χ3v) is 4.44. The molecule has 19 heavy (non-hydrogen) atoms. The van der Waals surface area contributed by atoms with E-state index in [0.717, 1.165) is 18.5 Å². The first kappa shape index (κ1) is 16.5. The van der Waals surface area contributed by atoms with Gasteiger partial charge in [-0.25, -0.2) is 0 Å². The van der Waals surface area contributed by atoms with Crippen LogP contribution in [0.25, 0.3) is 0 Å². The minimum absolute atomic E-state index is 0.351. The predicted octanol–water partition coefficient (Wildman–Crippen LogP) is 3.49. The van der Waals surface area contributed by atoms with Crippen molar-refractivity contribution in [2.24, 2.45) is 0 Å². The van der Waals surface area contributed by atoms with Crippen molar-refractivity contribution >= 4 is 11.8 Å². The molecule has 0 fully saturated rings. The largest absolute Gasteiger partial charge is 0.388 e. The van der Waals surface area contributed by atoms with Crippen molar-refractivity contribution in [3.63, 3.8) is 0 Å². The van der Waals surface area contributed by atoms with E-state index in [0.29, 0.717) is 6.04 Å². The Kier molecular flexibility index (Phi) is 7.51. The molecule has 1 rings (SSSR count). The Bertz CT molecular complexity index is 370. The first-order chi connectivity index (χ1) is 9.06. The van der Waals surface area contributed by atoms with Gasteiger partial charge >= 0.3 is 0 Å². The van der Waals surface area contributed by atoms with Gasteiger partial charge in [-0.05, 0) is 56.9 Å². The van der Waals surface area contributed by atoms with Crippen LogP contribution in [0.1, 0.15) is 37.0 Å². The van der Waals surface area contributed by atoms with Crippen LogP contribution in [0.15, 0.2) is 24.3 Å². The molecule has 0 spiro atoms. The van der Waals surface area contributed by atoms with Gasteiger partial charge in [0.15, 0.2) is 0 Å². The fourth-order valence-electron chi connectivity index (χ4n) is 2.17. The van der Waals surface area contributed by atoms with E-state index in [1.165, 1.54) is 17.7 Å². The molecule has 0 radical (unpaired) electrons. The fraction of sp³-hybridized carbons (Fsp3) is 0.625. The van der Waals surface area contributed by atoms with Crippen molar-refractivity contribution < 1.29 is 5.11 Å². The molecule has 0 aliphatic heterocycles. The van der Waals surface area contributed by atoms with Crippen LogP contribution in [0, 0.1) is 6.92 Å². The number of thioether (sulfide) groups is 1. The second-order valence-electron chi connectivity index (χ2n) is 5.27.